The molecule has 2 heterocycles. The molecule has 2 atom stereocenters. The highest BCUT2D eigenvalue weighted by Gasteiger charge is 2.32. The molecule has 0 aromatic rings. The van der Waals surface area contributed by atoms with Crippen LogP contribution in [0.25, 0.3) is 0 Å². The monoisotopic (exact) mass is 269 g/mol. The Kier molecular flexibility index (Phi) is 6.11. The minimum atomic E-state index is -0.0522. The average molecular weight is 269 g/mol. The van der Waals surface area contributed by atoms with Gasteiger partial charge in [-0.3, -0.25) is 9.69 Å². The van der Waals surface area contributed by atoms with Crippen molar-refractivity contribution in [2.45, 2.75) is 51.5 Å². The fourth-order valence-electron chi connectivity index (χ4n) is 3.30. The van der Waals surface area contributed by atoms with Gasteiger partial charge in [-0.1, -0.05) is 6.42 Å². The SMILES string of the molecule is CCOC(=O)CC(C1CCCOC1)N1CCCCC1. The average Bonchev–Trinajstić information content (AvgIpc) is 2.47. The molecule has 4 nitrogen and oxygen atoms in total. The van der Waals surface area contributed by atoms with Crippen molar-refractivity contribution < 1.29 is 14.3 Å². The van der Waals surface area contributed by atoms with Crippen molar-refractivity contribution >= 4 is 5.97 Å². The number of carbonyl (C=O) groups excluding carboxylic acids is 1. The molecular weight excluding hydrogens is 242 g/mol. The van der Waals surface area contributed by atoms with Gasteiger partial charge in [0.1, 0.15) is 0 Å². The molecule has 0 aromatic carbocycles. The van der Waals surface area contributed by atoms with E-state index in [2.05, 4.69) is 4.90 Å². The van der Waals surface area contributed by atoms with Crippen LogP contribution in [0.15, 0.2) is 0 Å². The zero-order valence-electron chi connectivity index (χ0n) is 12.1. The van der Waals surface area contributed by atoms with Gasteiger partial charge in [0, 0.05) is 12.6 Å². The number of nitrogens with zero attached hydrogens (tertiary/aromatic N) is 1. The first-order valence-electron chi connectivity index (χ1n) is 7.78. The van der Waals surface area contributed by atoms with Crippen molar-refractivity contribution in [3.63, 3.8) is 0 Å². The van der Waals surface area contributed by atoms with Gasteiger partial charge in [0.05, 0.1) is 19.6 Å². The van der Waals surface area contributed by atoms with Crippen LogP contribution >= 0.6 is 0 Å². The highest BCUT2D eigenvalue weighted by Crippen LogP contribution is 2.26. The molecule has 0 bridgehead atoms. The maximum Gasteiger partial charge on any atom is 0.307 e. The van der Waals surface area contributed by atoms with Crippen molar-refractivity contribution in [1.29, 1.82) is 0 Å². The van der Waals surface area contributed by atoms with Crippen LogP contribution in [0.1, 0.15) is 45.4 Å². The summed E-state index contributed by atoms with van der Waals surface area (Å²) in [6.07, 6.45) is 6.67. The maximum atomic E-state index is 11.8. The molecule has 2 saturated heterocycles. The summed E-state index contributed by atoms with van der Waals surface area (Å²) in [5.74, 6) is 0.444. The van der Waals surface area contributed by atoms with Crippen LogP contribution in [0.4, 0.5) is 0 Å². The summed E-state index contributed by atoms with van der Waals surface area (Å²) < 4.78 is 10.8. The van der Waals surface area contributed by atoms with Gasteiger partial charge in [-0.05, 0) is 51.6 Å². The molecule has 4 heteroatoms. The highest BCUT2D eigenvalue weighted by atomic mass is 16.5. The summed E-state index contributed by atoms with van der Waals surface area (Å²) in [7, 11) is 0. The third kappa shape index (κ3) is 4.46. The zero-order chi connectivity index (χ0) is 13.5. The Balaban J connectivity index is 1.96. The Morgan fingerprint density at radius 3 is 2.74 bits per heavy atom. The molecule has 2 unspecified atom stereocenters. The van der Waals surface area contributed by atoms with Crippen LogP contribution in [0.2, 0.25) is 0 Å². The predicted octanol–water partition coefficient (Wildman–Crippen LogP) is 2.22. The van der Waals surface area contributed by atoms with Crippen molar-refractivity contribution in [3.8, 4) is 0 Å². The van der Waals surface area contributed by atoms with E-state index in [4.69, 9.17) is 9.47 Å². The van der Waals surface area contributed by atoms with Gasteiger partial charge in [-0.2, -0.15) is 0 Å². The van der Waals surface area contributed by atoms with Crippen LogP contribution in [0.3, 0.4) is 0 Å². The Labute approximate surface area is 116 Å². The Morgan fingerprint density at radius 2 is 2.11 bits per heavy atom. The molecule has 0 radical (unpaired) electrons. The van der Waals surface area contributed by atoms with E-state index in [-0.39, 0.29) is 5.97 Å². The molecular formula is C15H27NO3. The quantitative estimate of drug-likeness (QED) is 0.717. The standard InChI is InChI=1S/C15H27NO3/c1-2-19-15(17)11-14(13-7-6-10-18-12-13)16-8-4-3-5-9-16/h13-14H,2-12H2,1H3. The lowest BCUT2D eigenvalue weighted by molar-refractivity contribution is -0.145. The molecule has 2 aliphatic rings. The summed E-state index contributed by atoms with van der Waals surface area (Å²) in [4.78, 5) is 14.3. The normalized spacial score (nSPS) is 26.9. The van der Waals surface area contributed by atoms with E-state index in [1.165, 1.54) is 25.7 Å². The third-order valence-electron chi connectivity index (χ3n) is 4.28. The van der Waals surface area contributed by atoms with E-state index < -0.39 is 0 Å². The molecule has 0 spiro atoms. The smallest absolute Gasteiger partial charge is 0.307 e. The van der Waals surface area contributed by atoms with Crippen molar-refractivity contribution in [3.05, 3.63) is 0 Å². The number of piperidine rings is 1. The number of esters is 1. The summed E-state index contributed by atoms with van der Waals surface area (Å²) in [6.45, 7) is 6.29. The van der Waals surface area contributed by atoms with Crippen molar-refractivity contribution in [2.24, 2.45) is 5.92 Å². The van der Waals surface area contributed by atoms with E-state index in [1.807, 2.05) is 6.92 Å². The van der Waals surface area contributed by atoms with Crippen LogP contribution in [0, 0.1) is 5.92 Å². The lowest BCUT2D eigenvalue weighted by atomic mass is 9.89. The molecule has 0 saturated carbocycles. The van der Waals surface area contributed by atoms with E-state index in [9.17, 15) is 4.79 Å². The second kappa shape index (κ2) is 7.85. The number of rotatable bonds is 5. The first kappa shape index (κ1) is 14.8. The fraction of sp³-hybridized carbons (Fsp3) is 0.933. The number of likely N-dealkylation sites (tertiary alicyclic amines) is 1. The first-order valence-corrected chi connectivity index (χ1v) is 7.78. The topological polar surface area (TPSA) is 38.8 Å². The second-order valence-electron chi connectivity index (χ2n) is 5.65. The van der Waals surface area contributed by atoms with E-state index in [0.717, 1.165) is 32.7 Å². The third-order valence-corrected chi connectivity index (χ3v) is 4.28. The summed E-state index contributed by atoms with van der Waals surface area (Å²) in [6, 6.07) is 0.319. The number of ether oxygens (including phenoxy) is 2. The first-order chi connectivity index (χ1) is 9.31. The Hall–Kier alpha value is -0.610. The lowest BCUT2D eigenvalue weighted by Crippen LogP contribution is -2.47. The molecule has 2 rings (SSSR count). The summed E-state index contributed by atoms with van der Waals surface area (Å²) >= 11 is 0. The number of hydrogen-bond donors (Lipinski definition) is 0. The maximum absolute atomic E-state index is 11.8. The van der Waals surface area contributed by atoms with Gasteiger partial charge in [0.2, 0.25) is 0 Å². The molecule has 0 amide bonds. The van der Waals surface area contributed by atoms with Gasteiger partial charge < -0.3 is 9.47 Å². The zero-order valence-corrected chi connectivity index (χ0v) is 12.1. The minimum Gasteiger partial charge on any atom is -0.466 e. The van der Waals surface area contributed by atoms with Crippen LogP contribution < -0.4 is 0 Å². The minimum absolute atomic E-state index is 0.0522. The van der Waals surface area contributed by atoms with Crippen molar-refractivity contribution in [2.75, 3.05) is 32.9 Å². The van der Waals surface area contributed by atoms with Gasteiger partial charge >= 0.3 is 5.97 Å². The largest absolute Gasteiger partial charge is 0.466 e. The van der Waals surface area contributed by atoms with Gasteiger partial charge in [0.25, 0.3) is 0 Å². The summed E-state index contributed by atoms with van der Waals surface area (Å²) in [5.41, 5.74) is 0. The second-order valence-corrected chi connectivity index (χ2v) is 5.65. The molecule has 0 aliphatic carbocycles. The van der Waals surface area contributed by atoms with Crippen LogP contribution in [-0.4, -0.2) is 49.8 Å². The van der Waals surface area contributed by atoms with Crippen LogP contribution in [0.5, 0.6) is 0 Å². The fourth-order valence-corrected chi connectivity index (χ4v) is 3.30. The van der Waals surface area contributed by atoms with E-state index in [1.54, 1.807) is 0 Å². The Morgan fingerprint density at radius 1 is 1.32 bits per heavy atom. The lowest BCUT2D eigenvalue weighted by Gasteiger charge is -2.40. The van der Waals surface area contributed by atoms with Crippen LogP contribution in [-0.2, 0) is 14.3 Å². The molecule has 19 heavy (non-hydrogen) atoms. The highest BCUT2D eigenvalue weighted by molar-refractivity contribution is 5.70. The van der Waals surface area contributed by atoms with Crippen molar-refractivity contribution in [1.82, 2.24) is 4.90 Å². The molecule has 0 aromatic heterocycles. The number of carbonyl (C=O) groups is 1. The molecule has 0 N–H and O–H groups in total. The summed E-state index contributed by atoms with van der Waals surface area (Å²) in [5, 5.41) is 0. The Bertz CT molecular complexity index is 253. The van der Waals surface area contributed by atoms with Gasteiger partial charge in [0.15, 0.2) is 0 Å². The van der Waals surface area contributed by atoms with E-state index >= 15 is 0 Å². The molecule has 110 valence electrons. The van der Waals surface area contributed by atoms with E-state index in [0.29, 0.717) is 25.0 Å². The molecule has 2 aliphatic heterocycles. The van der Waals surface area contributed by atoms with Gasteiger partial charge in [-0.25, -0.2) is 0 Å². The van der Waals surface area contributed by atoms with Gasteiger partial charge in [-0.15, -0.1) is 0 Å². The molecule has 2 fully saturated rings. The number of hydrogen-bond acceptors (Lipinski definition) is 4. The predicted molar refractivity (Wildman–Crippen MR) is 74.0 cm³/mol.